The van der Waals surface area contributed by atoms with E-state index in [9.17, 15) is 23.3 Å². The van der Waals surface area contributed by atoms with Gasteiger partial charge < -0.3 is 4.74 Å². The fraction of sp³-hybridized carbons (Fsp3) is 0.136. The summed E-state index contributed by atoms with van der Waals surface area (Å²) < 4.78 is 33.0. The molecule has 3 rings (SSSR count). The van der Waals surface area contributed by atoms with Crippen LogP contribution in [-0.4, -0.2) is 32.5 Å². The van der Waals surface area contributed by atoms with Crippen molar-refractivity contribution in [1.29, 1.82) is 0 Å². The van der Waals surface area contributed by atoms with E-state index in [-0.39, 0.29) is 21.2 Å². The van der Waals surface area contributed by atoms with Crippen molar-refractivity contribution in [2.75, 3.05) is 7.11 Å². The number of benzene rings is 3. The third kappa shape index (κ3) is 6.49. The average Bonchev–Trinajstić information content (AvgIpc) is 2.81. The van der Waals surface area contributed by atoms with Gasteiger partial charge in [-0.15, -0.1) is 0 Å². The Labute approximate surface area is 210 Å². The van der Waals surface area contributed by atoms with Gasteiger partial charge in [-0.25, -0.2) is 8.42 Å². The molecule has 3 aromatic rings. The lowest BCUT2D eigenvalue weighted by atomic mass is 10.1. The van der Waals surface area contributed by atoms with E-state index in [4.69, 9.17) is 27.9 Å². The fourth-order valence-corrected chi connectivity index (χ4v) is 5.49. The van der Waals surface area contributed by atoms with Crippen LogP contribution in [0.4, 0.5) is 5.69 Å². The molecule has 0 spiro atoms. The molecule has 1 atom stereocenters. The molecule has 3 aromatic carbocycles. The molecule has 178 valence electrons. The number of esters is 1. The number of carbonyl (C=O) groups is 1. The predicted octanol–water partition coefficient (Wildman–Crippen LogP) is 5.12. The van der Waals surface area contributed by atoms with Crippen LogP contribution in [0.25, 0.3) is 0 Å². The van der Waals surface area contributed by atoms with Crippen LogP contribution in [0.3, 0.4) is 0 Å². The van der Waals surface area contributed by atoms with E-state index >= 15 is 0 Å². The van der Waals surface area contributed by atoms with Crippen LogP contribution in [0, 0.1) is 10.1 Å². The predicted molar refractivity (Wildman–Crippen MR) is 130 cm³/mol. The summed E-state index contributed by atoms with van der Waals surface area (Å²) in [5.41, 5.74) is 0.288. The largest absolute Gasteiger partial charge is 0.468 e. The molecule has 0 aromatic heterocycles. The zero-order chi connectivity index (χ0) is 24.9. The number of methoxy groups -OCH3 is 1. The number of rotatable bonds is 9. The van der Waals surface area contributed by atoms with Crippen LogP contribution in [0.1, 0.15) is 5.56 Å². The average molecular weight is 541 g/mol. The smallest absolute Gasteiger partial charge is 0.324 e. The fourth-order valence-electron chi connectivity index (χ4n) is 2.98. The number of nitrogens with zero attached hydrogens (tertiary/aromatic N) is 1. The van der Waals surface area contributed by atoms with E-state index in [2.05, 4.69) is 4.72 Å². The van der Waals surface area contributed by atoms with E-state index in [1.54, 1.807) is 48.5 Å². The summed E-state index contributed by atoms with van der Waals surface area (Å²) in [6, 6.07) is 15.8. The molecule has 34 heavy (non-hydrogen) atoms. The third-order valence-corrected chi connectivity index (χ3v) is 7.89. The molecule has 12 heteroatoms. The Hall–Kier alpha value is -2.63. The highest BCUT2D eigenvalue weighted by atomic mass is 35.5. The first-order valence-electron chi connectivity index (χ1n) is 9.66. The highest BCUT2D eigenvalue weighted by Crippen LogP contribution is 2.38. The number of carbonyl (C=O) groups excluding carboxylic acids is 1. The Bertz CT molecular complexity index is 1320. The van der Waals surface area contributed by atoms with Crippen molar-refractivity contribution in [2.45, 2.75) is 27.1 Å². The van der Waals surface area contributed by atoms with E-state index in [0.717, 1.165) is 24.9 Å². The van der Waals surface area contributed by atoms with Crippen LogP contribution in [0.15, 0.2) is 81.4 Å². The maximum atomic E-state index is 13.0. The minimum absolute atomic E-state index is 0.0418. The maximum absolute atomic E-state index is 13.0. The molecule has 0 aliphatic rings. The zero-order valence-electron chi connectivity index (χ0n) is 17.6. The van der Waals surface area contributed by atoms with E-state index in [0.29, 0.717) is 15.5 Å². The number of nitro benzene ring substituents is 1. The molecular formula is C22H18Cl2N2O6S2. The van der Waals surface area contributed by atoms with Crippen molar-refractivity contribution in [1.82, 2.24) is 4.72 Å². The number of ether oxygens (including phenoxy) is 1. The Balaban J connectivity index is 1.90. The van der Waals surface area contributed by atoms with Gasteiger partial charge in [-0.05, 0) is 42.3 Å². The molecule has 1 N–H and O–H groups in total. The zero-order valence-corrected chi connectivity index (χ0v) is 20.7. The summed E-state index contributed by atoms with van der Waals surface area (Å²) >= 11 is 12.9. The summed E-state index contributed by atoms with van der Waals surface area (Å²) in [6.45, 7) is 0. The Morgan fingerprint density at radius 3 is 2.41 bits per heavy atom. The van der Waals surface area contributed by atoms with Crippen molar-refractivity contribution in [3.63, 3.8) is 0 Å². The van der Waals surface area contributed by atoms with Gasteiger partial charge >= 0.3 is 5.97 Å². The van der Waals surface area contributed by atoms with Crippen molar-refractivity contribution in [3.8, 4) is 0 Å². The molecule has 0 radical (unpaired) electrons. The van der Waals surface area contributed by atoms with Crippen LogP contribution >= 0.6 is 35.0 Å². The van der Waals surface area contributed by atoms with Gasteiger partial charge in [0.25, 0.3) is 5.69 Å². The first-order chi connectivity index (χ1) is 16.1. The summed E-state index contributed by atoms with van der Waals surface area (Å²) in [5.74, 6) is -0.784. The normalized spacial score (nSPS) is 12.2. The first-order valence-corrected chi connectivity index (χ1v) is 12.7. The van der Waals surface area contributed by atoms with E-state index in [1.807, 2.05) is 0 Å². The molecule has 8 nitrogen and oxygen atoms in total. The van der Waals surface area contributed by atoms with Crippen molar-refractivity contribution in [3.05, 3.63) is 92.5 Å². The SMILES string of the molecule is COC(=O)[C@H](Cc1ccccc1)NS(=O)(=O)c1ccc(Sc2ccc(Cl)c(Cl)c2)c([N+](=O)[O-])c1. The number of nitro groups is 1. The molecule has 0 saturated heterocycles. The second-order valence-electron chi connectivity index (χ2n) is 6.95. The topological polar surface area (TPSA) is 116 Å². The Kier molecular flexibility index (Phi) is 8.56. The molecule has 0 aliphatic heterocycles. The summed E-state index contributed by atoms with van der Waals surface area (Å²) in [7, 11) is -3.15. The minimum atomic E-state index is -4.30. The monoisotopic (exact) mass is 540 g/mol. The summed E-state index contributed by atoms with van der Waals surface area (Å²) in [4.78, 5) is 23.7. The maximum Gasteiger partial charge on any atom is 0.324 e. The van der Waals surface area contributed by atoms with Crippen LogP contribution in [0.2, 0.25) is 10.0 Å². The second kappa shape index (κ2) is 11.2. The lowest BCUT2D eigenvalue weighted by Crippen LogP contribution is -2.43. The molecule has 0 amide bonds. The van der Waals surface area contributed by atoms with Gasteiger partial charge in [0.15, 0.2) is 0 Å². The molecule has 0 unspecified atom stereocenters. The number of nitrogens with one attached hydrogen (secondary N) is 1. The third-order valence-electron chi connectivity index (χ3n) is 4.62. The lowest BCUT2D eigenvalue weighted by Gasteiger charge is -2.17. The number of halogens is 2. The first kappa shape index (κ1) is 26.0. The molecule has 0 fully saturated rings. The van der Waals surface area contributed by atoms with Gasteiger partial charge in [-0.3, -0.25) is 14.9 Å². The number of sulfonamides is 1. The van der Waals surface area contributed by atoms with Gasteiger partial charge in [0.2, 0.25) is 10.0 Å². The van der Waals surface area contributed by atoms with Gasteiger partial charge in [0.05, 0.1) is 31.9 Å². The van der Waals surface area contributed by atoms with Crippen molar-refractivity contribution < 1.29 is 22.9 Å². The molecule has 0 heterocycles. The van der Waals surface area contributed by atoms with Gasteiger partial charge in [0.1, 0.15) is 6.04 Å². The van der Waals surface area contributed by atoms with Gasteiger partial charge in [0, 0.05) is 11.0 Å². The quantitative estimate of drug-likeness (QED) is 0.227. The highest BCUT2D eigenvalue weighted by molar-refractivity contribution is 7.99. The Morgan fingerprint density at radius 1 is 1.09 bits per heavy atom. The number of hydrogen-bond donors (Lipinski definition) is 1. The number of hydrogen-bond acceptors (Lipinski definition) is 7. The minimum Gasteiger partial charge on any atom is -0.468 e. The van der Waals surface area contributed by atoms with Crippen LogP contribution < -0.4 is 4.72 Å². The lowest BCUT2D eigenvalue weighted by molar-refractivity contribution is -0.388. The van der Waals surface area contributed by atoms with Crippen LogP contribution in [0.5, 0.6) is 0 Å². The molecule has 0 bridgehead atoms. The van der Waals surface area contributed by atoms with Gasteiger partial charge in [-0.1, -0.05) is 65.3 Å². The Morgan fingerprint density at radius 2 is 1.79 bits per heavy atom. The molecule has 0 saturated carbocycles. The van der Waals surface area contributed by atoms with E-state index < -0.39 is 32.6 Å². The van der Waals surface area contributed by atoms with Crippen molar-refractivity contribution >= 4 is 56.6 Å². The van der Waals surface area contributed by atoms with Crippen molar-refractivity contribution in [2.24, 2.45) is 0 Å². The second-order valence-corrected chi connectivity index (χ2v) is 10.6. The molecule has 0 aliphatic carbocycles. The van der Waals surface area contributed by atoms with Crippen LogP contribution in [-0.2, 0) is 26.0 Å². The van der Waals surface area contributed by atoms with E-state index in [1.165, 1.54) is 12.1 Å². The summed E-state index contributed by atoms with van der Waals surface area (Å²) in [5, 5.41) is 12.3. The molecular weight excluding hydrogens is 523 g/mol. The highest BCUT2D eigenvalue weighted by Gasteiger charge is 2.29. The standard InChI is InChI=1S/C22H18Cl2N2O6S2/c1-32-22(27)19(11-14-5-3-2-4-6-14)25-34(30,31)16-8-10-21(20(13-16)26(28)29)33-15-7-9-17(23)18(24)12-15/h2-10,12-13,19,25H,11H2,1H3/t19-/m0/s1. The summed E-state index contributed by atoms with van der Waals surface area (Å²) in [6.07, 6.45) is 0.0418. The van der Waals surface area contributed by atoms with Gasteiger partial charge in [-0.2, -0.15) is 4.72 Å².